The fourth-order valence-corrected chi connectivity index (χ4v) is 3.16. The highest BCUT2D eigenvalue weighted by Gasteiger charge is 2.28. The molecule has 6 nitrogen and oxygen atoms in total. The number of carbonyl (C=O) groups is 1. The fraction of sp³-hybridized carbons (Fsp3) is 0.158. The second-order valence-electron chi connectivity index (χ2n) is 5.61. The van der Waals surface area contributed by atoms with Crippen LogP contribution >= 0.6 is 11.3 Å². The monoisotopic (exact) mass is 368 g/mol. The van der Waals surface area contributed by atoms with Gasteiger partial charge < -0.3 is 19.5 Å². The van der Waals surface area contributed by atoms with E-state index in [-0.39, 0.29) is 13.2 Å². The summed E-state index contributed by atoms with van der Waals surface area (Å²) < 4.78 is 16.5. The van der Waals surface area contributed by atoms with E-state index in [1.807, 2.05) is 47.8 Å². The number of anilines is 2. The number of thiazole rings is 1. The number of nitrogens with one attached hydrogen (secondary N) is 1. The molecule has 1 atom stereocenters. The van der Waals surface area contributed by atoms with Crippen molar-refractivity contribution in [2.24, 2.45) is 0 Å². The highest BCUT2D eigenvalue weighted by Crippen LogP contribution is 2.31. The molecule has 1 unspecified atom stereocenters. The molecule has 26 heavy (non-hydrogen) atoms. The van der Waals surface area contributed by atoms with Crippen molar-refractivity contribution in [3.05, 3.63) is 65.7 Å². The van der Waals surface area contributed by atoms with E-state index in [0.717, 1.165) is 10.8 Å². The first-order valence-corrected chi connectivity index (χ1v) is 8.97. The van der Waals surface area contributed by atoms with Crippen LogP contribution in [0.1, 0.15) is 5.69 Å². The summed E-state index contributed by atoms with van der Waals surface area (Å²) in [4.78, 5) is 16.6. The molecular formula is C19H16N2O4S. The van der Waals surface area contributed by atoms with E-state index in [4.69, 9.17) is 14.2 Å². The normalized spacial score (nSPS) is 15.3. The van der Waals surface area contributed by atoms with Crippen LogP contribution in [0.25, 0.3) is 0 Å². The summed E-state index contributed by atoms with van der Waals surface area (Å²) in [7, 11) is 0. The first-order chi connectivity index (χ1) is 12.8. The van der Waals surface area contributed by atoms with Gasteiger partial charge in [0.15, 0.2) is 16.6 Å². The quantitative estimate of drug-likeness (QED) is 0.692. The van der Waals surface area contributed by atoms with Gasteiger partial charge in [0.1, 0.15) is 13.2 Å². The maximum Gasteiger partial charge on any atom is 0.351 e. The maximum absolute atomic E-state index is 12.2. The number of aromatic nitrogens is 1. The molecule has 4 rings (SSSR count). The SMILES string of the molecule is O=C(OCc1csc(Nc2ccccc2)n1)C1COc2ccccc2O1. The number of hydrogen-bond acceptors (Lipinski definition) is 7. The van der Waals surface area contributed by atoms with Gasteiger partial charge in [-0.25, -0.2) is 9.78 Å². The Morgan fingerprint density at radius 3 is 2.77 bits per heavy atom. The van der Waals surface area contributed by atoms with Crippen molar-refractivity contribution in [1.82, 2.24) is 4.98 Å². The van der Waals surface area contributed by atoms with Gasteiger partial charge in [0, 0.05) is 11.1 Å². The van der Waals surface area contributed by atoms with Gasteiger partial charge >= 0.3 is 5.97 Å². The molecule has 0 bridgehead atoms. The van der Waals surface area contributed by atoms with E-state index >= 15 is 0 Å². The number of esters is 1. The lowest BCUT2D eigenvalue weighted by Gasteiger charge is -2.24. The zero-order chi connectivity index (χ0) is 17.8. The summed E-state index contributed by atoms with van der Waals surface area (Å²) in [6.07, 6.45) is -0.773. The van der Waals surface area contributed by atoms with Crippen LogP contribution in [0.15, 0.2) is 60.0 Å². The van der Waals surface area contributed by atoms with Crippen LogP contribution in [0.2, 0.25) is 0 Å². The predicted molar refractivity (Wildman–Crippen MR) is 98.0 cm³/mol. The Bertz CT molecular complexity index is 897. The van der Waals surface area contributed by atoms with Gasteiger partial charge in [-0.3, -0.25) is 0 Å². The van der Waals surface area contributed by atoms with Gasteiger partial charge in [-0.1, -0.05) is 30.3 Å². The van der Waals surface area contributed by atoms with Crippen molar-refractivity contribution in [3.8, 4) is 11.5 Å². The minimum Gasteiger partial charge on any atom is -0.485 e. The summed E-state index contributed by atoms with van der Waals surface area (Å²) in [6.45, 7) is 0.223. The number of hydrogen-bond donors (Lipinski definition) is 1. The first kappa shape index (κ1) is 16.4. The van der Waals surface area contributed by atoms with Gasteiger partial charge in [0.25, 0.3) is 0 Å². The standard InChI is InChI=1S/C19H16N2O4S/c22-18(17-11-23-15-8-4-5-9-16(15)25-17)24-10-14-12-26-19(21-14)20-13-6-2-1-3-7-13/h1-9,12,17H,10-11H2,(H,20,21). The Hall–Kier alpha value is -3.06. The van der Waals surface area contributed by atoms with Crippen LogP contribution in [-0.2, 0) is 16.1 Å². The lowest BCUT2D eigenvalue weighted by Crippen LogP contribution is -2.37. The smallest absolute Gasteiger partial charge is 0.351 e. The molecule has 0 aliphatic carbocycles. The van der Waals surface area contributed by atoms with Gasteiger partial charge in [-0.2, -0.15) is 0 Å². The zero-order valence-electron chi connectivity index (χ0n) is 13.8. The zero-order valence-corrected chi connectivity index (χ0v) is 14.6. The van der Waals surface area contributed by atoms with E-state index in [9.17, 15) is 4.79 Å². The summed E-state index contributed by atoms with van der Waals surface area (Å²) in [5, 5.41) is 5.81. The number of nitrogens with zero attached hydrogens (tertiary/aromatic N) is 1. The van der Waals surface area contributed by atoms with Gasteiger partial charge in [0.05, 0.1) is 5.69 Å². The predicted octanol–water partition coefficient (Wildman–Crippen LogP) is 3.77. The van der Waals surface area contributed by atoms with Gasteiger partial charge in [-0.15, -0.1) is 11.3 Å². The summed E-state index contributed by atoms with van der Waals surface area (Å²) in [5.41, 5.74) is 1.63. The third-order valence-electron chi connectivity index (χ3n) is 3.71. The second-order valence-corrected chi connectivity index (χ2v) is 6.47. The van der Waals surface area contributed by atoms with Crippen molar-refractivity contribution in [2.75, 3.05) is 11.9 Å². The molecule has 2 aromatic carbocycles. The number of ether oxygens (including phenoxy) is 3. The molecule has 0 spiro atoms. The summed E-state index contributed by atoms with van der Waals surface area (Å²) in [6, 6.07) is 17.0. The molecule has 1 N–H and O–H groups in total. The van der Waals surface area contributed by atoms with Crippen molar-refractivity contribution < 1.29 is 19.0 Å². The van der Waals surface area contributed by atoms with Crippen molar-refractivity contribution in [3.63, 3.8) is 0 Å². The van der Waals surface area contributed by atoms with Crippen molar-refractivity contribution in [2.45, 2.75) is 12.7 Å². The molecular weight excluding hydrogens is 352 g/mol. The van der Waals surface area contributed by atoms with Crippen LogP contribution in [0, 0.1) is 0 Å². The van der Waals surface area contributed by atoms with E-state index in [1.54, 1.807) is 12.1 Å². The minimum atomic E-state index is -0.773. The van der Waals surface area contributed by atoms with Crippen LogP contribution < -0.4 is 14.8 Å². The lowest BCUT2D eigenvalue weighted by atomic mass is 10.2. The van der Waals surface area contributed by atoms with Crippen molar-refractivity contribution >= 4 is 28.1 Å². The molecule has 2 heterocycles. The molecule has 0 radical (unpaired) electrons. The Morgan fingerprint density at radius 1 is 1.15 bits per heavy atom. The fourth-order valence-electron chi connectivity index (χ4n) is 2.45. The molecule has 0 saturated heterocycles. The molecule has 7 heteroatoms. The number of benzene rings is 2. The second kappa shape index (κ2) is 7.45. The van der Waals surface area contributed by atoms with E-state index in [2.05, 4.69) is 10.3 Å². The highest BCUT2D eigenvalue weighted by molar-refractivity contribution is 7.13. The molecule has 132 valence electrons. The van der Waals surface area contributed by atoms with E-state index in [1.165, 1.54) is 11.3 Å². The summed E-state index contributed by atoms with van der Waals surface area (Å²) in [5.74, 6) is 0.710. The Morgan fingerprint density at radius 2 is 1.92 bits per heavy atom. The molecule has 1 aliphatic rings. The van der Waals surface area contributed by atoms with Crippen LogP contribution in [0.5, 0.6) is 11.5 Å². The Kier molecular flexibility index (Phi) is 4.70. The van der Waals surface area contributed by atoms with Crippen LogP contribution in [0.3, 0.4) is 0 Å². The largest absolute Gasteiger partial charge is 0.485 e. The third kappa shape index (κ3) is 3.78. The molecule has 0 amide bonds. The number of fused-ring (bicyclic) bond motifs is 1. The maximum atomic E-state index is 12.2. The lowest BCUT2D eigenvalue weighted by molar-refractivity contribution is -0.156. The minimum absolute atomic E-state index is 0.0906. The van der Waals surface area contributed by atoms with Gasteiger partial charge in [0.2, 0.25) is 6.10 Å². The van der Waals surface area contributed by atoms with Crippen molar-refractivity contribution in [1.29, 1.82) is 0 Å². The van der Waals surface area contributed by atoms with Crippen LogP contribution in [-0.4, -0.2) is 23.7 Å². The van der Waals surface area contributed by atoms with E-state index in [0.29, 0.717) is 17.2 Å². The molecule has 3 aromatic rings. The molecule has 0 saturated carbocycles. The first-order valence-electron chi connectivity index (χ1n) is 8.09. The molecule has 0 fully saturated rings. The van der Waals surface area contributed by atoms with E-state index < -0.39 is 12.1 Å². The average Bonchev–Trinajstić information content (AvgIpc) is 3.14. The highest BCUT2D eigenvalue weighted by atomic mass is 32.1. The number of para-hydroxylation sites is 3. The third-order valence-corrected chi connectivity index (χ3v) is 4.52. The van der Waals surface area contributed by atoms with Crippen LogP contribution in [0.4, 0.5) is 10.8 Å². The number of rotatable bonds is 5. The average molecular weight is 368 g/mol. The van der Waals surface area contributed by atoms with Gasteiger partial charge in [-0.05, 0) is 24.3 Å². The summed E-state index contributed by atoms with van der Waals surface area (Å²) >= 11 is 1.45. The Labute approximate surface area is 154 Å². The molecule has 1 aliphatic heterocycles. The topological polar surface area (TPSA) is 69.7 Å². The number of carbonyl (C=O) groups excluding carboxylic acids is 1. The molecule has 1 aromatic heterocycles. The Balaban J connectivity index is 1.31.